The molecular weight excluding hydrogens is 473 g/mol. The summed E-state index contributed by atoms with van der Waals surface area (Å²) in [6.45, 7) is 0.223. The van der Waals surface area contributed by atoms with E-state index in [1.165, 1.54) is 49.6 Å². The van der Waals surface area contributed by atoms with E-state index in [1.807, 2.05) is 0 Å². The van der Waals surface area contributed by atoms with Crippen molar-refractivity contribution in [3.8, 4) is 5.69 Å². The Kier molecular flexibility index (Phi) is 3.51. The fraction of sp³-hybridized carbons (Fsp3) is 0. The Morgan fingerprint density at radius 1 is 0.658 bits per heavy atom. The standard InChI is InChI=1S/C30H21B5N2P/c1-2-11-22(12-3-1)36-38(33-31-34(38)35(33)38)23-13-8-10-21(20-23)32-26-16-5-7-19-29(26)37-28-18-6-4-14-24(28)25-15-9-17-27(32)30(25)37/h1-20,36H/q-1. The maximum atomic E-state index is 4.19. The molecule has 2 radical (unpaired) electrons. The van der Waals surface area contributed by atoms with E-state index in [1.54, 1.807) is 5.30 Å². The Labute approximate surface area is 224 Å². The van der Waals surface area contributed by atoms with Crippen LogP contribution in [0.4, 0.5) is 5.69 Å². The van der Waals surface area contributed by atoms with Crippen molar-refractivity contribution < 1.29 is 0 Å². The van der Waals surface area contributed by atoms with Crippen molar-refractivity contribution in [1.82, 2.24) is 4.57 Å². The molecule has 5 aliphatic rings. The number of aromatic nitrogens is 1. The molecule has 11 rings (SSSR count). The van der Waals surface area contributed by atoms with E-state index in [9.17, 15) is 0 Å². The van der Waals surface area contributed by atoms with Crippen LogP contribution >= 0.6 is 6.39 Å². The maximum absolute atomic E-state index is 4.19. The second kappa shape index (κ2) is 6.53. The third-order valence-electron chi connectivity index (χ3n) is 10.3. The normalized spacial score (nSPS) is 19.3. The Balaban J connectivity index is 1.20. The van der Waals surface area contributed by atoms with Crippen molar-refractivity contribution in [1.29, 1.82) is 0 Å². The van der Waals surface area contributed by atoms with E-state index < -0.39 is 6.39 Å². The van der Waals surface area contributed by atoms with Gasteiger partial charge in [-0.1, -0.05) is 0 Å². The summed E-state index contributed by atoms with van der Waals surface area (Å²) in [5, 5.41) is 8.47. The number of fused-ring (bicyclic) bond motifs is 5. The molecule has 1 N–H and O–H groups in total. The molecule has 0 unspecified atom stereocenters. The van der Waals surface area contributed by atoms with E-state index in [2.05, 4.69) is 138 Å². The molecule has 0 saturated carbocycles. The molecule has 6 heterocycles. The zero-order valence-electron chi connectivity index (χ0n) is 20.8. The molecule has 0 spiro atoms. The van der Waals surface area contributed by atoms with Crippen LogP contribution in [0.15, 0.2) is 121 Å². The van der Waals surface area contributed by atoms with Gasteiger partial charge in [0.1, 0.15) is 0 Å². The first-order chi connectivity index (χ1) is 18.8. The van der Waals surface area contributed by atoms with Crippen LogP contribution in [0.25, 0.3) is 27.5 Å². The number of nitrogens with zero attached hydrogens (tertiary/aromatic N) is 1. The zero-order chi connectivity index (χ0) is 24.7. The van der Waals surface area contributed by atoms with Gasteiger partial charge in [-0.15, -0.1) is 0 Å². The van der Waals surface area contributed by atoms with Gasteiger partial charge in [0.25, 0.3) is 0 Å². The van der Waals surface area contributed by atoms with Gasteiger partial charge in [0.05, 0.1) is 0 Å². The fourth-order valence-electron chi connectivity index (χ4n) is 8.51. The third kappa shape index (κ3) is 2.07. The summed E-state index contributed by atoms with van der Waals surface area (Å²) < 4.78 is 2.50. The van der Waals surface area contributed by atoms with E-state index in [0.29, 0.717) is 0 Å². The monoisotopic (exact) mass is 495 g/mol. The van der Waals surface area contributed by atoms with Crippen LogP contribution in [0, 0.1) is 0 Å². The molecule has 1 aromatic heterocycles. The first-order valence-corrected chi connectivity index (χ1v) is 16.2. The molecule has 38 heavy (non-hydrogen) atoms. The summed E-state index contributed by atoms with van der Waals surface area (Å²) in [5.41, 5.74) is 9.49. The van der Waals surface area contributed by atoms with Crippen molar-refractivity contribution in [2.24, 2.45) is 0 Å². The van der Waals surface area contributed by atoms with Gasteiger partial charge in [0, 0.05) is 0 Å². The zero-order valence-corrected chi connectivity index (χ0v) is 21.7. The Morgan fingerprint density at radius 3 is 2.21 bits per heavy atom. The van der Waals surface area contributed by atoms with Crippen molar-refractivity contribution in [3.63, 3.8) is 0 Å². The number of benzene rings is 5. The van der Waals surface area contributed by atoms with Crippen LogP contribution < -0.4 is 26.8 Å². The summed E-state index contributed by atoms with van der Waals surface area (Å²) in [6.07, 6.45) is 0.377. The van der Waals surface area contributed by atoms with Gasteiger partial charge < -0.3 is 0 Å². The van der Waals surface area contributed by atoms with E-state index in [0.717, 1.165) is 18.6 Å². The molecule has 4 saturated heterocycles. The number of hydrogen-bond donors (Lipinski definition) is 1. The Morgan fingerprint density at radius 2 is 1.37 bits per heavy atom. The van der Waals surface area contributed by atoms with Gasteiger partial charge in [0.2, 0.25) is 0 Å². The quantitative estimate of drug-likeness (QED) is 0.292. The molecule has 5 aromatic carbocycles. The van der Waals surface area contributed by atoms with E-state index in [4.69, 9.17) is 0 Å². The predicted molar refractivity (Wildman–Crippen MR) is 172 cm³/mol. The summed E-state index contributed by atoms with van der Waals surface area (Å²) in [6, 6.07) is 45.5. The average molecular weight is 495 g/mol. The number of anilines is 1. The van der Waals surface area contributed by atoms with E-state index in [-0.39, 0.29) is 6.71 Å². The van der Waals surface area contributed by atoms with Crippen molar-refractivity contribution in [2.45, 2.75) is 0 Å². The van der Waals surface area contributed by atoms with Gasteiger partial charge in [-0.05, 0) is 0 Å². The summed E-state index contributed by atoms with van der Waals surface area (Å²) >= 11 is 0. The van der Waals surface area contributed by atoms with Crippen LogP contribution in [-0.4, -0.2) is 37.0 Å². The minimum absolute atomic E-state index is 0.223. The molecule has 2 nitrogen and oxygen atoms in total. The number of para-hydroxylation sites is 4. The van der Waals surface area contributed by atoms with E-state index >= 15 is 0 Å². The first-order valence-electron chi connectivity index (χ1n) is 13.7. The predicted octanol–water partition coefficient (Wildman–Crippen LogP) is 3.69. The molecule has 172 valence electrons. The van der Waals surface area contributed by atoms with Crippen molar-refractivity contribution >= 4 is 88.0 Å². The summed E-state index contributed by atoms with van der Waals surface area (Å²) in [7, 11) is 2.61. The fourth-order valence-corrected chi connectivity index (χ4v) is 16.6. The molecule has 6 aromatic rings. The molecular formula is C30H21B5N2P-. The topological polar surface area (TPSA) is 17.0 Å². The molecule has 0 aliphatic carbocycles. The van der Waals surface area contributed by atoms with Gasteiger partial charge >= 0.3 is 225 Å². The molecule has 2 bridgehead atoms. The second-order valence-corrected chi connectivity index (χ2v) is 16.9. The molecule has 5 aliphatic heterocycles. The first kappa shape index (κ1) is 20.4. The van der Waals surface area contributed by atoms with Crippen LogP contribution in [0.5, 0.6) is 0 Å². The van der Waals surface area contributed by atoms with Crippen molar-refractivity contribution in [3.05, 3.63) is 121 Å². The SMILES string of the molecule is [B-]1B2B3B1P23(Nc1ccccc1)c1cccc(B2c3ccccc3-n3c4ccccc4c4cccc2c43)c1. The molecule has 8 heteroatoms. The average Bonchev–Trinajstić information content (AvgIpc) is 3.55. The molecule has 4 fully saturated rings. The minimum atomic E-state index is -2.07. The number of nitrogens with one attached hydrogen (secondary N) is 1. The Bertz CT molecular complexity index is 1980. The van der Waals surface area contributed by atoms with Crippen LogP contribution in [0.2, 0.25) is 0 Å². The van der Waals surface area contributed by atoms with Gasteiger partial charge in [-0.25, -0.2) is 0 Å². The van der Waals surface area contributed by atoms with Gasteiger partial charge in [-0.3, -0.25) is 0 Å². The molecule has 0 atom stereocenters. The molecule has 0 amide bonds. The van der Waals surface area contributed by atoms with Gasteiger partial charge in [-0.2, -0.15) is 0 Å². The van der Waals surface area contributed by atoms with Crippen molar-refractivity contribution in [2.75, 3.05) is 5.09 Å². The second-order valence-electron chi connectivity index (χ2n) is 11.7. The number of rotatable bonds is 4. The van der Waals surface area contributed by atoms with Crippen LogP contribution in [-0.2, 0) is 0 Å². The third-order valence-corrected chi connectivity index (χ3v) is 17.3. The summed E-state index contributed by atoms with van der Waals surface area (Å²) in [4.78, 5) is 0. The summed E-state index contributed by atoms with van der Waals surface area (Å²) in [5.74, 6) is 0. The van der Waals surface area contributed by atoms with Crippen LogP contribution in [0.1, 0.15) is 0 Å². The Hall–Kier alpha value is -3.55. The number of hydrogen-bond acceptors (Lipinski definition) is 1. The van der Waals surface area contributed by atoms with Gasteiger partial charge in [0.15, 0.2) is 0 Å². The van der Waals surface area contributed by atoms with Crippen LogP contribution in [0.3, 0.4) is 0 Å².